The van der Waals surface area contributed by atoms with Crippen LogP contribution in [-0.2, 0) is 16.9 Å². The molecular weight excluding hydrogens is 514 g/mol. The summed E-state index contributed by atoms with van der Waals surface area (Å²) in [6.45, 7) is 4.12. The highest BCUT2D eigenvalue weighted by atomic mass is 32.1. The van der Waals surface area contributed by atoms with Gasteiger partial charge in [0.2, 0.25) is 0 Å². The maximum absolute atomic E-state index is 13.2. The van der Waals surface area contributed by atoms with Gasteiger partial charge in [0, 0.05) is 22.5 Å². The number of fused-ring (bicyclic) bond motifs is 3. The van der Waals surface area contributed by atoms with Crippen molar-refractivity contribution in [1.82, 2.24) is 15.1 Å². The van der Waals surface area contributed by atoms with Crippen LogP contribution < -0.4 is 10.1 Å². The van der Waals surface area contributed by atoms with Crippen LogP contribution in [0.3, 0.4) is 0 Å². The number of aldehydes is 1. The van der Waals surface area contributed by atoms with Crippen LogP contribution in [0, 0.1) is 5.92 Å². The van der Waals surface area contributed by atoms with Gasteiger partial charge in [-0.2, -0.15) is 0 Å². The Hall–Kier alpha value is -3.69. The van der Waals surface area contributed by atoms with Gasteiger partial charge >= 0.3 is 6.09 Å². The standard InChI is InChI=1S/C30H31N3O5S/c34-17-21-3-5-22(6-4-21)18-37-25-9-7-24(8-10-25)28(35)33-19-30(20-33,27-2-1-15-39-27)31-29(36)38-26-16-32-13-11-23(26)12-14-32/h1-10,15,17,23,26H,11-14,16,18-20H2,(H,31,36)/t26-/m0/s1. The highest BCUT2D eigenvalue weighted by molar-refractivity contribution is 7.10. The van der Waals surface area contributed by atoms with Gasteiger partial charge in [0.25, 0.3) is 5.91 Å². The van der Waals surface area contributed by atoms with E-state index in [-0.39, 0.29) is 12.0 Å². The third-order valence-electron chi connectivity index (χ3n) is 8.02. The first-order valence-electron chi connectivity index (χ1n) is 13.3. The number of carbonyl (C=O) groups excluding carboxylic acids is 3. The van der Waals surface area contributed by atoms with Gasteiger partial charge in [-0.15, -0.1) is 11.3 Å². The van der Waals surface area contributed by atoms with Crippen molar-refractivity contribution in [2.75, 3.05) is 32.7 Å². The number of hydrogen-bond acceptors (Lipinski definition) is 7. The minimum absolute atomic E-state index is 0.0675. The predicted octanol–water partition coefficient (Wildman–Crippen LogP) is 4.31. The molecule has 0 saturated carbocycles. The summed E-state index contributed by atoms with van der Waals surface area (Å²) in [5.41, 5.74) is 1.49. The molecule has 0 spiro atoms. The normalized spacial score (nSPS) is 23.0. The fourth-order valence-electron chi connectivity index (χ4n) is 5.74. The number of piperidine rings is 3. The summed E-state index contributed by atoms with van der Waals surface area (Å²) in [6, 6.07) is 18.2. The fourth-order valence-corrected chi connectivity index (χ4v) is 6.60. The molecule has 5 heterocycles. The van der Waals surface area contributed by atoms with Crippen LogP contribution in [0.15, 0.2) is 66.0 Å². The molecule has 2 aromatic carbocycles. The van der Waals surface area contributed by atoms with Crippen molar-refractivity contribution in [3.05, 3.63) is 87.6 Å². The molecule has 7 rings (SSSR count). The first kappa shape index (κ1) is 25.6. The van der Waals surface area contributed by atoms with E-state index in [4.69, 9.17) is 9.47 Å². The van der Waals surface area contributed by atoms with E-state index in [1.807, 2.05) is 29.6 Å². The summed E-state index contributed by atoms with van der Waals surface area (Å²) >= 11 is 1.57. The molecule has 0 aliphatic carbocycles. The van der Waals surface area contributed by atoms with Crippen molar-refractivity contribution >= 4 is 29.6 Å². The van der Waals surface area contributed by atoms with Gasteiger partial charge in [0.05, 0.1) is 13.1 Å². The minimum atomic E-state index is -0.642. The number of likely N-dealkylation sites (tertiary alicyclic amines) is 1. The molecule has 9 heteroatoms. The third-order valence-corrected chi connectivity index (χ3v) is 9.09. The molecule has 1 N–H and O–H groups in total. The van der Waals surface area contributed by atoms with Crippen molar-refractivity contribution in [1.29, 1.82) is 0 Å². The molecule has 4 saturated heterocycles. The maximum atomic E-state index is 13.2. The van der Waals surface area contributed by atoms with E-state index in [1.54, 1.807) is 52.6 Å². The van der Waals surface area contributed by atoms with E-state index in [9.17, 15) is 14.4 Å². The molecule has 2 amide bonds. The molecule has 39 heavy (non-hydrogen) atoms. The average Bonchev–Trinajstić information content (AvgIpc) is 3.50. The van der Waals surface area contributed by atoms with Crippen LogP contribution in [0.5, 0.6) is 5.75 Å². The number of rotatable bonds is 8. The Morgan fingerprint density at radius 2 is 1.77 bits per heavy atom. The zero-order chi connectivity index (χ0) is 26.8. The van der Waals surface area contributed by atoms with Crippen LogP contribution in [0.4, 0.5) is 4.79 Å². The van der Waals surface area contributed by atoms with Crippen LogP contribution in [-0.4, -0.2) is 66.9 Å². The zero-order valence-electron chi connectivity index (χ0n) is 21.6. The van der Waals surface area contributed by atoms with Gasteiger partial charge < -0.3 is 19.7 Å². The van der Waals surface area contributed by atoms with E-state index in [1.165, 1.54) is 0 Å². The third kappa shape index (κ3) is 5.42. The largest absolute Gasteiger partial charge is 0.489 e. The second kappa shape index (κ2) is 10.8. The molecule has 0 unspecified atom stereocenters. The number of ether oxygens (including phenoxy) is 2. The predicted molar refractivity (Wildman–Crippen MR) is 147 cm³/mol. The lowest BCUT2D eigenvalue weighted by atomic mass is 9.86. The molecule has 2 bridgehead atoms. The quantitative estimate of drug-likeness (QED) is 0.425. The summed E-state index contributed by atoms with van der Waals surface area (Å²) in [5, 5.41) is 5.10. The summed E-state index contributed by atoms with van der Waals surface area (Å²) in [4.78, 5) is 42.2. The molecule has 4 aliphatic heterocycles. The minimum Gasteiger partial charge on any atom is -0.489 e. The van der Waals surface area contributed by atoms with Crippen molar-refractivity contribution in [3.8, 4) is 5.75 Å². The Morgan fingerprint density at radius 1 is 1.03 bits per heavy atom. The van der Waals surface area contributed by atoms with E-state index < -0.39 is 11.6 Å². The van der Waals surface area contributed by atoms with E-state index in [0.717, 1.165) is 49.2 Å². The van der Waals surface area contributed by atoms with Crippen molar-refractivity contribution < 1.29 is 23.9 Å². The second-order valence-electron chi connectivity index (χ2n) is 10.6. The summed E-state index contributed by atoms with van der Waals surface area (Å²) in [6.07, 6.45) is 2.49. The summed E-state index contributed by atoms with van der Waals surface area (Å²) in [5.74, 6) is 0.998. The molecule has 202 valence electrons. The molecule has 1 aromatic heterocycles. The lowest BCUT2D eigenvalue weighted by molar-refractivity contribution is -0.0402. The monoisotopic (exact) mass is 545 g/mol. The highest BCUT2D eigenvalue weighted by Gasteiger charge is 2.49. The van der Waals surface area contributed by atoms with Crippen molar-refractivity contribution in [2.45, 2.75) is 31.1 Å². The number of thiophene rings is 1. The SMILES string of the molecule is O=Cc1ccc(COc2ccc(C(=O)N3CC(NC(=O)O[C@H]4CN5CCC4CC5)(c4cccs4)C3)cc2)cc1. The molecule has 8 nitrogen and oxygen atoms in total. The summed E-state index contributed by atoms with van der Waals surface area (Å²) < 4.78 is 11.7. The van der Waals surface area contributed by atoms with Gasteiger partial charge in [-0.1, -0.05) is 30.3 Å². The Balaban J connectivity index is 1.05. The average molecular weight is 546 g/mol. The van der Waals surface area contributed by atoms with Crippen molar-refractivity contribution in [3.63, 3.8) is 0 Å². The van der Waals surface area contributed by atoms with Gasteiger partial charge in [0.1, 0.15) is 30.3 Å². The van der Waals surface area contributed by atoms with E-state index >= 15 is 0 Å². The molecule has 4 aliphatic rings. The van der Waals surface area contributed by atoms with Crippen LogP contribution in [0.1, 0.15) is 44.0 Å². The molecular formula is C30H31N3O5S. The Kier molecular flexibility index (Phi) is 7.10. The van der Waals surface area contributed by atoms with Crippen molar-refractivity contribution in [2.24, 2.45) is 5.92 Å². The van der Waals surface area contributed by atoms with Gasteiger partial charge in [0.15, 0.2) is 0 Å². The zero-order valence-corrected chi connectivity index (χ0v) is 22.4. The number of amides is 2. The number of nitrogens with one attached hydrogen (secondary N) is 1. The molecule has 1 atom stereocenters. The smallest absolute Gasteiger partial charge is 0.408 e. The molecule has 0 radical (unpaired) electrons. The first-order valence-corrected chi connectivity index (χ1v) is 14.2. The van der Waals surface area contributed by atoms with E-state index in [0.29, 0.717) is 42.5 Å². The van der Waals surface area contributed by atoms with Crippen LogP contribution in [0.2, 0.25) is 0 Å². The van der Waals surface area contributed by atoms with Gasteiger partial charge in [-0.3, -0.25) is 14.5 Å². The Labute approximate surface area is 231 Å². The Morgan fingerprint density at radius 3 is 2.38 bits per heavy atom. The molecule has 4 fully saturated rings. The maximum Gasteiger partial charge on any atom is 0.408 e. The molecule has 3 aromatic rings. The number of nitrogens with zero attached hydrogens (tertiary/aromatic N) is 2. The number of hydrogen-bond donors (Lipinski definition) is 1. The number of benzene rings is 2. The number of alkyl carbamates (subject to hydrolysis) is 1. The second-order valence-corrected chi connectivity index (χ2v) is 11.5. The van der Waals surface area contributed by atoms with Gasteiger partial charge in [-0.25, -0.2) is 4.79 Å². The van der Waals surface area contributed by atoms with Crippen LogP contribution in [0.25, 0.3) is 0 Å². The first-order chi connectivity index (χ1) is 19.0. The summed E-state index contributed by atoms with van der Waals surface area (Å²) in [7, 11) is 0. The van der Waals surface area contributed by atoms with E-state index in [2.05, 4.69) is 10.2 Å². The lowest BCUT2D eigenvalue weighted by Crippen LogP contribution is -2.69. The highest BCUT2D eigenvalue weighted by Crippen LogP contribution is 2.37. The fraction of sp³-hybridized carbons (Fsp3) is 0.367. The number of carbonyl (C=O) groups is 3. The lowest BCUT2D eigenvalue weighted by Gasteiger charge is -2.50. The Bertz CT molecular complexity index is 1310. The van der Waals surface area contributed by atoms with Gasteiger partial charge in [-0.05, 0) is 73.1 Å². The van der Waals surface area contributed by atoms with Crippen LogP contribution >= 0.6 is 11.3 Å². The topological polar surface area (TPSA) is 88.2 Å².